The molecule has 0 bridgehead atoms. The molecule has 1 aromatic heterocycles. The molecule has 0 N–H and O–H groups in total. The predicted octanol–water partition coefficient (Wildman–Crippen LogP) is 4.62. The summed E-state index contributed by atoms with van der Waals surface area (Å²) in [7, 11) is 0. The van der Waals surface area contributed by atoms with Gasteiger partial charge < -0.3 is 9.80 Å². The molecule has 0 unspecified atom stereocenters. The fraction of sp³-hybridized carbons (Fsp3) is 0.280. The van der Waals surface area contributed by atoms with E-state index in [9.17, 15) is 27.2 Å². The number of nitriles is 1. The van der Waals surface area contributed by atoms with Crippen molar-refractivity contribution in [2.75, 3.05) is 22.9 Å². The number of carbonyl (C=O) groups excluding carboxylic acids is 2. The molecule has 1 fully saturated rings. The van der Waals surface area contributed by atoms with E-state index >= 15 is 0 Å². The predicted molar refractivity (Wildman–Crippen MR) is 121 cm³/mol. The molecule has 2 aliphatic heterocycles. The average Bonchev–Trinajstić information content (AvgIpc) is 3.26. The fourth-order valence-corrected chi connectivity index (χ4v) is 4.64. The molecule has 0 radical (unpaired) electrons. The number of amides is 2. The zero-order valence-electron chi connectivity index (χ0n) is 18.8. The number of anilines is 2. The minimum atomic E-state index is -4.81. The molecule has 2 amide bonds. The molecule has 184 valence electrons. The van der Waals surface area contributed by atoms with Crippen LogP contribution in [-0.4, -0.2) is 34.7 Å². The summed E-state index contributed by atoms with van der Waals surface area (Å²) in [5.74, 6) is -1.52. The summed E-state index contributed by atoms with van der Waals surface area (Å²) >= 11 is 0. The maximum Gasteiger partial charge on any atom is 0.435 e. The van der Waals surface area contributed by atoms with Gasteiger partial charge in [0.2, 0.25) is 5.91 Å². The molecule has 3 aromatic rings. The molecule has 7 nitrogen and oxygen atoms in total. The number of rotatable bonds is 3. The molecule has 0 atom stereocenters. The van der Waals surface area contributed by atoms with Gasteiger partial charge in [0, 0.05) is 36.4 Å². The zero-order chi connectivity index (χ0) is 25.6. The van der Waals surface area contributed by atoms with Crippen molar-refractivity contribution in [1.29, 1.82) is 5.26 Å². The Morgan fingerprint density at radius 1 is 0.889 bits per heavy atom. The largest absolute Gasteiger partial charge is 0.435 e. The van der Waals surface area contributed by atoms with Gasteiger partial charge in [-0.25, -0.2) is 9.07 Å². The maximum absolute atomic E-state index is 13.8. The molecule has 0 saturated carbocycles. The summed E-state index contributed by atoms with van der Waals surface area (Å²) in [5, 5.41) is 12.8. The fourth-order valence-electron chi connectivity index (χ4n) is 4.64. The Morgan fingerprint density at radius 2 is 1.56 bits per heavy atom. The molecule has 5 rings (SSSR count). The summed E-state index contributed by atoms with van der Waals surface area (Å²) in [6, 6.07) is 11.5. The van der Waals surface area contributed by atoms with Crippen LogP contribution in [0.4, 0.5) is 28.9 Å². The highest BCUT2D eigenvalue weighted by Crippen LogP contribution is 2.37. The van der Waals surface area contributed by atoms with Gasteiger partial charge in [0.25, 0.3) is 5.91 Å². The van der Waals surface area contributed by atoms with E-state index in [4.69, 9.17) is 5.26 Å². The van der Waals surface area contributed by atoms with Crippen molar-refractivity contribution in [3.05, 3.63) is 70.8 Å². The quantitative estimate of drug-likeness (QED) is 0.495. The monoisotopic (exact) mass is 497 g/mol. The second-order valence-electron chi connectivity index (χ2n) is 8.59. The first-order valence-corrected chi connectivity index (χ1v) is 11.3. The summed E-state index contributed by atoms with van der Waals surface area (Å²) < 4.78 is 56.0. The molecule has 3 heterocycles. The van der Waals surface area contributed by atoms with Crippen LogP contribution in [-0.2, 0) is 17.4 Å². The van der Waals surface area contributed by atoms with Gasteiger partial charge in [-0.05, 0) is 61.7 Å². The first kappa shape index (κ1) is 23.5. The van der Waals surface area contributed by atoms with Crippen LogP contribution in [0, 0.1) is 17.1 Å². The lowest BCUT2D eigenvalue weighted by Crippen LogP contribution is -2.39. The summed E-state index contributed by atoms with van der Waals surface area (Å²) in [6.07, 6.45) is -2.70. The molecular weight excluding hydrogens is 478 g/mol. The average molecular weight is 497 g/mol. The van der Waals surface area contributed by atoms with E-state index in [1.807, 2.05) is 0 Å². The van der Waals surface area contributed by atoms with Crippen LogP contribution in [0.2, 0.25) is 0 Å². The molecular formula is C25H19F4N5O2. The van der Waals surface area contributed by atoms with Crippen molar-refractivity contribution >= 4 is 23.2 Å². The van der Waals surface area contributed by atoms with Crippen LogP contribution < -0.4 is 9.80 Å². The lowest BCUT2D eigenvalue weighted by atomic mass is 10.0. The second-order valence-corrected chi connectivity index (χ2v) is 8.59. The van der Waals surface area contributed by atoms with Gasteiger partial charge in [-0.1, -0.05) is 0 Å². The van der Waals surface area contributed by atoms with Crippen LogP contribution in [0.15, 0.2) is 42.5 Å². The first-order chi connectivity index (χ1) is 17.2. The highest BCUT2D eigenvalue weighted by Gasteiger charge is 2.43. The highest BCUT2D eigenvalue weighted by atomic mass is 19.4. The number of fused-ring (bicyclic) bond motifs is 1. The number of halogens is 4. The lowest BCUT2D eigenvalue weighted by molar-refractivity contribution is -0.142. The van der Waals surface area contributed by atoms with Crippen molar-refractivity contribution in [2.45, 2.75) is 31.9 Å². The van der Waals surface area contributed by atoms with E-state index in [1.54, 1.807) is 35.2 Å². The maximum atomic E-state index is 13.8. The normalized spacial score (nSPS) is 16.2. The molecule has 2 aliphatic rings. The summed E-state index contributed by atoms with van der Waals surface area (Å²) in [6.45, 7) is 0.599. The van der Waals surface area contributed by atoms with Crippen LogP contribution in [0.1, 0.15) is 46.6 Å². The van der Waals surface area contributed by atoms with E-state index in [2.05, 4.69) is 5.10 Å². The van der Waals surface area contributed by atoms with Gasteiger partial charge in [0.05, 0.1) is 11.3 Å². The zero-order valence-corrected chi connectivity index (χ0v) is 18.8. The van der Waals surface area contributed by atoms with Crippen molar-refractivity contribution in [1.82, 2.24) is 9.78 Å². The van der Waals surface area contributed by atoms with Gasteiger partial charge >= 0.3 is 6.18 Å². The number of piperidine rings is 1. The molecule has 0 aliphatic carbocycles. The Hall–Kier alpha value is -4.20. The third kappa shape index (κ3) is 3.98. The van der Waals surface area contributed by atoms with E-state index < -0.39 is 23.6 Å². The van der Waals surface area contributed by atoms with Gasteiger partial charge in [0.15, 0.2) is 5.69 Å². The minimum absolute atomic E-state index is 0.00450. The van der Waals surface area contributed by atoms with Crippen LogP contribution >= 0.6 is 0 Å². The Kier molecular flexibility index (Phi) is 5.74. The van der Waals surface area contributed by atoms with Gasteiger partial charge in [0.1, 0.15) is 17.6 Å². The first-order valence-electron chi connectivity index (χ1n) is 11.3. The molecule has 1 saturated heterocycles. The topological polar surface area (TPSA) is 82.2 Å². The number of hydrogen-bond donors (Lipinski definition) is 0. The highest BCUT2D eigenvalue weighted by molar-refractivity contribution is 6.08. The van der Waals surface area contributed by atoms with Crippen LogP contribution in [0.5, 0.6) is 0 Å². The molecule has 2 aromatic carbocycles. The molecule has 0 spiro atoms. The van der Waals surface area contributed by atoms with Crippen molar-refractivity contribution in [3.8, 4) is 11.8 Å². The van der Waals surface area contributed by atoms with E-state index in [1.165, 1.54) is 11.0 Å². The molecule has 36 heavy (non-hydrogen) atoms. The van der Waals surface area contributed by atoms with Crippen molar-refractivity contribution < 1.29 is 27.2 Å². The van der Waals surface area contributed by atoms with Gasteiger partial charge in [-0.2, -0.15) is 23.5 Å². The number of hydrogen-bond acceptors (Lipinski definition) is 4. The number of carbonyl (C=O) groups is 2. The minimum Gasteiger partial charge on any atom is -0.312 e. The smallest absolute Gasteiger partial charge is 0.312 e. The van der Waals surface area contributed by atoms with Gasteiger partial charge in [-0.3, -0.25) is 9.59 Å². The second kappa shape index (κ2) is 8.78. The number of benzene rings is 2. The van der Waals surface area contributed by atoms with Crippen LogP contribution in [0.3, 0.4) is 0 Å². The van der Waals surface area contributed by atoms with Gasteiger partial charge in [-0.15, -0.1) is 0 Å². The third-order valence-electron chi connectivity index (χ3n) is 6.40. The number of nitrogens with zero attached hydrogens (tertiary/aromatic N) is 5. The van der Waals surface area contributed by atoms with E-state index in [0.29, 0.717) is 24.3 Å². The Bertz CT molecular complexity index is 1410. The Labute approximate surface area is 203 Å². The van der Waals surface area contributed by atoms with Crippen molar-refractivity contribution in [2.24, 2.45) is 0 Å². The number of alkyl halides is 3. The summed E-state index contributed by atoms with van der Waals surface area (Å²) in [4.78, 5) is 28.7. The van der Waals surface area contributed by atoms with E-state index in [0.717, 1.165) is 29.7 Å². The third-order valence-corrected chi connectivity index (χ3v) is 6.40. The SMILES string of the molecule is N#Cc1cc(-n2nc(C(F)(F)F)c3c2C(=O)N(c2ccc(N4CCCCC4=O)cc2)CC3)ccc1F. The lowest BCUT2D eigenvalue weighted by Gasteiger charge is -2.30. The Morgan fingerprint density at radius 3 is 2.19 bits per heavy atom. The number of aromatic nitrogens is 2. The molecule has 11 heteroatoms. The van der Waals surface area contributed by atoms with Crippen LogP contribution in [0.25, 0.3) is 5.69 Å². The Balaban J connectivity index is 1.54. The van der Waals surface area contributed by atoms with E-state index in [-0.39, 0.29) is 41.4 Å². The summed E-state index contributed by atoms with van der Waals surface area (Å²) in [5.41, 5.74) is -0.999. The standard InChI is InChI=1S/C25H19F4N5O2/c26-20-9-8-18(13-15(20)14-30)34-22-19(23(31-34)25(27,28)29)10-12-33(24(22)36)17-6-4-16(5-7-17)32-11-2-1-3-21(32)35/h4-9,13H,1-3,10-12H2. The van der Waals surface area contributed by atoms with Crippen molar-refractivity contribution in [3.63, 3.8) is 0 Å².